The first kappa shape index (κ1) is 59.7. The maximum absolute atomic E-state index is 2.28. The van der Waals surface area contributed by atoms with Gasteiger partial charge in [0.25, 0.3) is 0 Å². The van der Waals surface area contributed by atoms with E-state index < -0.39 is 0 Å². The molecule has 0 amide bonds. The maximum Gasteiger partial charge on any atom is -0.0533 e. The third-order valence-electron chi connectivity index (χ3n) is 2.46. The van der Waals surface area contributed by atoms with Crippen LogP contribution in [0.1, 0.15) is 137 Å². The van der Waals surface area contributed by atoms with Crippen LogP contribution >= 0.6 is 0 Å². The van der Waals surface area contributed by atoms with Gasteiger partial charge >= 0.3 is 0 Å². The summed E-state index contributed by atoms with van der Waals surface area (Å²) in [4.78, 5) is 0. The predicted octanol–water partition coefficient (Wildman–Crippen LogP) is 10.0. The van der Waals surface area contributed by atoms with E-state index in [1.54, 1.807) is 0 Å². The summed E-state index contributed by atoms with van der Waals surface area (Å²) in [5.41, 5.74) is 0. The van der Waals surface area contributed by atoms with Crippen LogP contribution in [0, 0.1) is 0 Å². The van der Waals surface area contributed by atoms with Crippen molar-refractivity contribution in [1.82, 2.24) is 0 Å². The number of unbranched alkanes of at least 4 members (excludes halogenated alkanes) is 9. The van der Waals surface area contributed by atoms with Crippen LogP contribution in [0.25, 0.3) is 0 Å². The molecule has 138 valence electrons. The van der Waals surface area contributed by atoms with Crippen LogP contribution in [0.3, 0.4) is 0 Å². The van der Waals surface area contributed by atoms with Crippen molar-refractivity contribution in [2.45, 2.75) is 137 Å². The molecular weight excluding hydrogens is 240 g/mol. The fourth-order valence-corrected chi connectivity index (χ4v) is 1.56. The smallest absolute Gasteiger partial charge is 0.0533 e. The first-order valence-electron chi connectivity index (χ1n) is 5.91. The van der Waals surface area contributed by atoms with Gasteiger partial charge in [-0.1, -0.05) is 137 Å². The van der Waals surface area contributed by atoms with Crippen LogP contribution in [-0.2, 0) is 0 Å². The molecule has 0 saturated carbocycles. The fraction of sp³-hybridized carbons (Fsp3) is 1.00. The zero-order chi connectivity index (χ0) is 9.07. The second-order valence-corrected chi connectivity index (χ2v) is 3.83. The average Bonchev–Trinajstić information content (AvgIpc) is 2.10. The summed E-state index contributed by atoms with van der Waals surface area (Å²) in [5.74, 6) is 0. The van der Waals surface area contributed by atoms with Crippen molar-refractivity contribution in [3.63, 3.8) is 0 Å². The Hall–Kier alpha value is 0. The van der Waals surface area contributed by atoms with Crippen molar-refractivity contribution >= 4 is 0 Å². The van der Waals surface area contributed by atoms with Gasteiger partial charge in [-0.05, 0) is 0 Å². The Labute approximate surface area is 138 Å². The van der Waals surface area contributed by atoms with Gasteiger partial charge in [0.2, 0.25) is 0 Å². The second kappa shape index (κ2) is 61.6. The summed E-state index contributed by atoms with van der Waals surface area (Å²) in [7, 11) is 0. The van der Waals surface area contributed by atoms with Crippen molar-refractivity contribution in [3.8, 4) is 0 Å². The highest BCUT2D eigenvalue weighted by Gasteiger charge is 1.90. The van der Waals surface area contributed by atoms with E-state index in [4.69, 9.17) is 0 Å². The SMILES string of the molecule is C.C.C.C.C.C.C.C.CCCCCCCCCCCC. The lowest BCUT2D eigenvalue weighted by Crippen LogP contribution is -1.80. The van der Waals surface area contributed by atoms with Crippen LogP contribution in [0.5, 0.6) is 0 Å². The van der Waals surface area contributed by atoms with Gasteiger partial charge in [-0.25, -0.2) is 0 Å². The Morgan fingerprint density at radius 2 is 0.450 bits per heavy atom. The van der Waals surface area contributed by atoms with Gasteiger partial charge in [0.1, 0.15) is 0 Å². The summed E-state index contributed by atoms with van der Waals surface area (Å²) in [6.45, 7) is 4.56. The summed E-state index contributed by atoms with van der Waals surface area (Å²) >= 11 is 0. The van der Waals surface area contributed by atoms with E-state index >= 15 is 0 Å². The van der Waals surface area contributed by atoms with Gasteiger partial charge in [0.05, 0.1) is 0 Å². The molecule has 0 unspecified atom stereocenters. The molecule has 0 aromatic carbocycles. The molecule has 0 aliphatic heterocycles. The molecule has 0 radical (unpaired) electrons. The Bertz CT molecular complexity index is 56.4. The second-order valence-electron chi connectivity index (χ2n) is 3.83. The monoisotopic (exact) mass is 298 g/mol. The zero-order valence-corrected chi connectivity index (χ0v) is 9.07. The van der Waals surface area contributed by atoms with Crippen LogP contribution in [0.2, 0.25) is 0 Å². The minimum Gasteiger partial charge on any atom is -0.0776 e. The van der Waals surface area contributed by atoms with Gasteiger partial charge in [-0.15, -0.1) is 0 Å². The van der Waals surface area contributed by atoms with E-state index in [0.717, 1.165) is 0 Å². The van der Waals surface area contributed by atoms with Crippen LogP contribution in [0.4, 0.5) is 0 Å². The normalized spacial score (nSPS) is 6.30. The summed E-state index contributed by atoms with van der Waals surface area (Å²) in [6.07, 6.45) is 14.4. The highest BCUT2D eigenvalue weighted by molar-refractivity contribution is 4.45. The van der Waals surface area contributed by atoms with E-state index in [2.05, 4.69) is 13.8 Å². The van der Waals surface area contributed by atoms with E-state index in [-0.39, 0.29) is 59.4 Å². The molecule has 0 nitrogen and oxygen atoms in total. The molecule has 0 aliphatic carbocycles. The van der Waals surface area contributed by atoms with Crippen LogP contribution in [0.15, 0.2) is 0 Å². The lowest BCUT2D eigenvalue weighted by molar-refractivity contribution is 0.562. The molecule has 0 heterocycles. The Balaban J connectivity index is -0.0000000216. The molecule has 0 rings (SSSR count). The molecule has 0 saturated heterocycles. The lowest BCUT2D eigenvalue weighted by Gasteiger charge is -1.99. The average molecular weight is 299 g/mol. The molecule has 0 bridgehead atoms. The van der Waals surface area contributed by atoms with Gasteiger partial charge < -0.3 is 0 Å². The molecule has 0 aromatic rings. The van der Waals surface area contributed by atoms with Crippen molar-refractivity contribution in [3.05, 3.63) is 0 Å². The van der Waals surface area contributed by atoms with Gasteiger partial charge in [-0.2, -0.15) is 0 Å². The summed E-state index contributed by atoms with van der Waals surface area (Å²) < 4.78 is 0. The van der Waals surface area contributed by atoms with Crippen LogP contribution in [-0.4, -0.2) is 0 Å². The third-order valence-corrected chi connectivity index (χ3v) is 2.46. The fourth-order valence-electron chi connectivity index (χ4n) is 1.56. The largest absolute Gasteiger partial charge is 0.0776 e. The summed E-state index contributed by atoms with van der Waals surface area (Å²) in [5, 5.41) is 0. The van der Waals surface area contributed by atoms with Crippen LogP contribution < -0.4 is 0 Å². The summed E-state index contributed by atoms with van der Waals surface area (Å²) in [6, 6.07) is 0. The van der Waals surface area contributed by atoms with E-state index in [1.807, 2.05) is 0 Å². The number of rotatable bonds is 9. The molecule has 20 heavy (non-hydrogen) atoms. The molecule has 0 N–H and O–H groups in total. The quantitative estimate of drug-likeness (QED) is 0.371. The molecule has 0 atom stereocenters. The molecule has 0 fully saturated rings. The predicted molar refractivity (Wildman–Crippen MR) is 111 cm³/mol. The van der Waals surface area contributed by atoms with Gasteiger partial charge in [0.15, 0.2) is 0 Å². The van der Waals surface area contributed by atoms with Crippen molar-refractivity contribution in [2.24, 2.45) is 0 Å². The highest BCUT2D eigenvalue weighted by Crippen LogP contribution is 2.09. The zero-order valence-electron chi connectivity index (χ0n) is 9.07. The highest BCUT2D eigenvalue weighted by atomic mass is 14.0. The minimum absolute atomic E-state index is 0. The van der Waals surface area contributed by atoms with Crippen molar-refractivity contribution < 1.29 is 0 Å². The standard InChI is InChI=1S/C12H26.8CH4/c1-3-5-7-9-11-12-10-8-6-4-2;;;;;;;;/h3-12H2,1-2H3;8*1H4. The Morgan fingerprint density at radius 1 is 0.300 bits per heavy atom. The first-order chi connectivity index (χ1) is 5.91. The topological polar surface area (TPSA) is 0 Å². The Kier molecular flexibility index (Phi) is 184. The molecule has 0 aromatic heterocycles. The molecule has 0 aliphatic rings. The van der Waals surface area contributed by atoms with E-state index in [0.29, 0.717) is 0 Å². The molecular formula is C20H58. The van der Waals surface area contributed by atoms with E-state index in [9.17, 15) is 0 Å². The van der Waals surface area contributed by atoms with Crippen molar-refractivity contribution in [1.29, 1.82) is 0 Å². The number of hydrogen-bond acceptors (Lipinski definition) is 0. The molecule has 0 heteroatoms. The third kappa shape index (κ3) is 64.2. The van der Waals surface area contributed by atoms with Gasteiger partial charge in [0, 0.05) is 0 Å². The van der Waals surface area contributed by atoms with Gasteiger partial charge in [-0.3, -0.25) is 0 Å². The maximum atomic E-state index is 2.28. The minimum atomic E-state index is 0. The Morgan fingerprint density at radius 3 is 0.600 bits per heavy atom. The van der Waals surface area contributed by atoms with E-state index in [1.165, 1.54) is 64.2 Å². The van der Waals surface area contributed by atoms with Crippen molar-refractivity contribution in [2.75, 3.05) is 0 Å². The molecule has 0 spiro atoms. The lowest BCUT2D eigenvalue weighted by atomic mass is 10.1. The number of hydrogen-bond donors (Lipinski definition) is 0. The first-order valence-corrected chi connectivity index (χ1v) is 5.91.